The van der Waals surface area contributed by atoms with E-state index in [9.17, 15) is 8.78 Å². The first-order valence-electron chi connectivity index (χ1n) is 5.96. The number of thiophene rings is 1. The Morgan fingerprint density at radius 2 is 1.89 bits per heavy atom. The number of rotatable bonds is 3. The van der Waals surface area contributed by atoms with Crippen molar-refractivity contribution in [3.63, 3.8) is 0 Å². The molecule has 2 aromatic rings. The zero-order valence-electron chi connectivity index (χ0n) is 11.1. The Balaban J connectivity index is 2.29. The number of hydrogen-bond donors (Lipinski definition) is 2. The van der Waals surface area contributed by atoms with Crippen LogP contribution in [0.1, 0.15) is 28.3 Å². The van der Waals surface area contributed by atoms with E-state index in [1.54, 1.807) is 11.3 Å². The van der Waals surface area contributed by atoms with Crippen LogP contribution < -0.4 is 11.1 Å². The number of nitrogens with one attached hydrogen (secondary N) is 1. The normalized spacial score (nSPS) is 12.5. The maximum absolute atomic E-state index is 13.4. The summed E-state index contributed by atoms with van der Waals surface area (Å²) in [6.45, 7) is 6.00. The molecule has 1 aromatic carbocycles. The first kappa shape index (κ1) is 13.8. The zero-order valence-corrected chi connectivity index (χ0v) is 11.9. The van der Waals surface area contributed by atoms with Gasteiger partial charge in [0, 0.05) is 21.9 Å². The Bertz CT molecular complexity index is 608. The van der Waals surface area contributed by atoms with Gasteiger partial charge in [-0.05, 0) is 38.5 Å². The summed E-state index contributed by atoms with van der Waals surface area (Å²) in [5.41, 5.74) is 6.96. The van der Waals surface area contributed by atoms with Crippen LogP contribution >= 0.6 is 11.3 Å². The molecule has 0 aliphatic heterocycles. The number of aryl methyl sites for hydroxylation is 2. The molecule has 0 radical (unpaired) electrons. The van der Waals surface area contributed by atoms with Crippen molar-refractivity contribution < 1.29 is 8.78 Å². The van der Waals surface area contributed by atoms with Gasteiger partial charge in [-0.2, -0.15) is 0 Å². The van der Waals surface area contributed by atoms with Crippen molar-refractivity contribution in [1.29, 1.82) is 0 Å². The molecule has 0 aliphatic carbocycles. The second kappa shape index (κ2) is 5.17. The predicted molar refractivity (Wildman–Crippen MR) is 76.6 cm³/mol. The largest absolute Gasteiger partial charge is 0.395 e. The van der Waals surface area contributed by atoms with E-state index in [4.69, 9.17) is 5.73 Å². The van der Waals surface area contributed by atoms with Crippen LogP contribution in [0.5, 0.6) is 0 Å². The first-order valence-corrected chi connectivity index (χ1v) is 6.78. The Hall–Kier alpha value is -1.62. The minimum Gasteiger partial charge on any atom is -0.395 e. The SMILES string of the molecule is Cc1cc(C(C)Nc2cc(F)cc(F)c2N)c(C)s1. The molecule has 1 heterocycles. The smallest absolute Gasteiger partial charge is 0.151 e. The van der Waals surface area contributed by atoms with Gasteiger partial charge in [0.05, 0.1) is 11.4 Å². The molecule has 2 nitrogen and oxygen atoms in total. The fourth-order valence-electron chi connectivity index (χ4n) is 2.10. The minimum absolute atomic E-state index is 0.0575. The van der Waals surface area contributed by atoms with Gasteiger partial charge in [0.25, 0.3) is 0 Å². The van der Waals surface area contributed by atoms with E-state index in [2.05, 4.69) is 11.4 Å². The molecule has 0 aliphatic rings. The maximum Gasteiger partial charge on any atom is 0.151 e. The fraction of sp³-hybridized carbons (Fsp3) is 0.286. The quantitative estimate of drug-likeness (QED) is 0.819. The van der Waals surface area contributed by atoms with E-state index in [0.29, 0.717) is 0 Å². The predicted octanol–water partition coefficient (Wildman–Crippen LogP) is 4.40. The summed E-state index contributed by atoms with van der Waals surface area (Å²) in [5, 5.41) is 3.06. The van der Waals surface area contributed by atoms with Crippen LogP contribution in [0, 0.1) is 25.5 Å². The summed E-state index contributed by atoms with van der Waals surface area (Å²) < 4.78 is 26.6. The summed E-state index contributed by atoms with van der Waals surface area (Å²) in [4.78, 5) is 2.40. The van der Waals surface area contributed by atoms with E-state index >= 15 is 0 Å². The number of hydrogen-bond acceptors (Lipinski definition) is 3. The van der Waals surface area contributed by atoms with Gasteiger partial charge in [-0.25, -0.2) is 8.78 Å². The van der Waals surface area contributed by atoms with Crippen molar-refractivity contribution >= 4 is 22.7 Å². The van der Waals surface area contributed by atoms with Crippen molar-refractivity contribution in [2.75, 3.05) is 11.1 Å². The van der Waals surface area contributed by atoms with E-state index in [1.807, 2.05) is 20.8 Å². The van der Waals surface area contributed by atoms with Crippen molar-refractivity contribution in [3.05, 3.63) is 45.2 Å². The highest BCUT2D eigenvalue weighted by Gasteiger charge is 2.14. The molecule has 1 atom stereocenters. The lowest BCUT2D eigenvalue weighted by atomic mass is 10.1. The van der Waals surface area contributed by atoms with Crippen molar-refractivity contribution in [1.82, 2.24) is 0 Å². The molecule has 5 heteroatoms. The fourth-order valence-corrected chi connectivity index (χ4v) is 3.12. The molecule has 0 saturated carbocycles. The second-order valence-corrected chi connectivity index (χ2v) is 6.04. The first-order chi connectivity index (χ1) is 8.88. The van der Waals surface area contributed by atoms with E-state index < -0.39 is 11.6 Å². The summed E-state index contributed by atoms with van der Waals surface area (Å²) in [6.07, 6.45) is 0. The van der Waals surface area contributed by atoms with Gasteiger partial charge in [-0.3, -0.25) is 0 Å². The maximum atomic E-state index is 13.4. The van der Waals surface area contributed by atoms with Crippen molar-refractivity contribution in [2.24, 2.45) is 0 Å². The van der Waals surface area contributed by atoms with Gasteiger partial charge in [0.15, 0.2) is 5.82 Å². The number of nitrogens with two attached hydrogens (primary N) is 1. The molecule has 1 unspecified atom stereocenters. The molecular formula is C14H16F2N2S. The van der Waals surface area contributed by atoms with Gasteiger partial charge in [-0.15, -0.1) is 11.3 Å². The van der Waals surface area contributed by atoms with Crippen LogP contribution in [-0.2, 0) is 0 Å². The number of halogens is 2. The van der Waals surface area contributed by atoms with Gasteiger partial charge < -0.3 is 11.1 Å². The standard InChI is InChI=1S/C14H16F2N2S/c1-7-4-11(9(3)19-7)8(2)18-13-6-10(15)5-12(16)14(13)17/h4-6,8,18H,17H2,1-3H3. The summed E-state index contributed by atoms with van der Waals surface area (Å²) in [5.74, 6) is -1.38. The average Bonchev–Trinajstić information content (AvgIpc) is 2.64. The number of nitrogen functional groups attached to an aromatic ring is 1. The lowest BCUT2D eigenvalue weighted by Crippen LogP contribution is -2.10. The molecule has 102 valence electrons. The summed E-state index contributed by atoms with van der Waals surface area (Å²) in [6, 6.07) is 4.01. The van der Waals surface area contributed by atoms with Crippen LogP contribution in [0.25, 0.3) is 0 Å². The molecule has 2 rings (SSSR count). The molecule has 19 heavy (non-hydrogen) atoms. The summed E-state index contributed by atoms with van der Waals surface area (Å²) >= 11 is 1.70. The van der Waals surface area contributed by atoms with Crippen LogP contribution in [0.2, 0.25) is 0 Å². The molecule has 0 saturated heterocycles. The molecular weight excluding hydrogens is 266 g/mol. The Kier molecular flexibility index (Phi) is 3.75. The molecule has 0 amide bonds. The van der Waals surface area contributed by atoms with Crippen LogP contribution in [-0.4, -0.2) is 0 Å². The third-order valence-electron chi connectivity index (χ3n) is 3.01. The second-order valence-electron chi connectivity index (χ2n) is 4.58. The highest BCUT2D eigenvalue weighted by atomic mass is 32.1. The van der Waals surface area contributed by atoms with Gasteiger partial charge in [-0.1, -0.05) is 0 Å². The third-order valence-corrected chi connectivity index (χ3v) is 3.99. The lowest BCUT2D eigenvalue weighted by molar-refractivity contribution is 0.586. The van der Waals surface area contributed by atoms with Gasteiger partial charge >= 0.3 is 0 Å². The molecule has 0 fully saturated rings. The summed E-state index contributed by atoms with van der Waals surface area (Å²) in [7, 11) is 0. The van der Waals surface area contributed by atoms with Crippen LogP contribution in [0.3, 0.4) is 0 Å². The van der Waals surface area contributed by atoms with E-state index in [-0.39, 0.29) is 17.4 Å². The van der Waals surface area contributed by atoms with Crippen LogP contribution in [0.4, 0.5) is 20.2 Å². The highest BCUT2D eigenvalue weighted by Crippen LogP contribution is 2.31. The van der Waals surface area contributed by atoms with Gasteiger partial charge in [0.1, 0.15) is 5.82 Å². The minimum atomic E-state index is -0.743. The highest BCUT2D eigenvalue weighted by molar-refractivity contribution is 7.12. The zero-order chi connectivity index (χ0) is 14.2. The number of benzene rings is 1. The Morgan fingerprint density at radius 3 is 2.47 bits per heavy atom. The molecule has 1 aromatic heterocycles. The Morgan fingerprint density at radius 1 is 1.21 bits per heavy atom. The van der Waals surface area contributed by atoms with Crippen molar-refractivity contribution in [2.45, 2.75) is 26.8 Å². The lowest BCUT2D eigenvalue weighted by Gasteiger charge is -2.17. The monoisotopic (exact) mass is 282 g/mol. The van der Waals surface area contributed by atoms with Gasteiger partial charge in [0.2, 0.25) is 0 Å². The van der Waals surface area contributed by atoms with E-state index in [1.165, 1.54) is 15.8 Å². The molecule has 3 N–H and O–H groups in total. The number of anilines is 2. The third kappa shape index (κ3) is 2.87. The topological polar surface area (TPSA) is 38.0 Å². The van der Waals surface area contributed by atoms with Crippen LogP contribution in [0.15, 0.2) is 18.2 Å². The molecule has 0 spiro atoms. The average molecular weight is 282 g/mol. The van der Waals surface area contributed by atoms with Crippen molar-refractivity contribution in [3.8, 4) is 0 Å². The van der Waals surface area contributed by atoms with E-state index in [0.717, 1.165) is 11.6 Å². The molecule has 0 bridgehead atoms. The Labute approximate surface area is 115 Å².